The number of ether oxygens (including phenoxy) is 4. The van der Waals surface area contributed by atoms with E-state index in [0.29, 0.717) is 58.7 Å². The Morgan fingerprint density at radius 2 is 1.62 bits per heavy atom. The van der Waals surface area contributed by atoms with Gasteiger partial charge >= 0.3 is 5.91 Å². The minimum absolute atomic E-state index is 0.0340. The van der Waals surface area contributed by atoms with Crippen LogP contribution in [0.15, 0.2) is 24.3 Å². The molecule has 0 atom stereocenters. The summed E-state index contributed by atoms with van der Waals surface area (Å²) in [5.74, 6) is 9.68. The molecule has 1 fully saturated rings. The Kier molecular flexibility index (Phi) is 7.73. The van der Waals surface area contributed by atoms with Gasteiger partial charge in [-0.25, -0.2) is 21.7 Å². The maximum Gasteiger partial charge on any atom is 0.304 e. The highest BCUT2D eigenvalue weighted by Crippen LogP contribution is 2.52. The third-order valence-electron chi connectivity index (χ3n) is 5.78. The molecule has 13 nitrogen and oxygen atoms in total. The molecule has 14 heteroatoms. The Labute approximate surface area is 215 Å². The fraction of sp³-hybridized carbons (Fsp3) is 0.304. The average molecular weight is 531 g/mol. The number of aromatic nitrogens is 1. The first-order valence-corrected chi connectivity index (χ1v) is 11.9. The molecule has 0 aliphatic carbocycles. The topological polar surface area (TPSA) is 172 Å². The first-order chi connectivity index (χ1) is 17.9. The number of anilines is 1. The molecule has 3 amide bonds. The van der Waals surface area contributed by atoms with Gasteiger partial charge in [0, 0.05) is 13.1 Å². The molecule has 4 rings (SSSR count). The first kappa shape index (κ1) is 26.1. The van der Waals surface area contributed by atoms with Gasteiger partial charge in [0.15, 0.2) is 16.5 Å². The Balaban J connectivity index is 1.82. The molecule has 3 aromatic rings. The van der Waals surface area contributed by atoms with Crippen molar-refractivity contribution < 1.29 is 33.3 Å². The summed E-state index contributed by atoms with van der Waals surface area (Å²) in [6.45, 7) is 2.15. The van der Waals surface area contributed by atoms with Crippen molar-refractivity contribution in [3.8, 4) is 17.2 Å². The van der Waals surface area contributed by atoms with Crippen LogP contribution in [-0.4, -0.2) is 75.3 Å². The highest BCUT2D eigenvalue weighted by atomic mass is 32.1. The summed E-state index contributed by atoms with van der Waals surface area (Å²) in [7, 11) is 4.43. The number of methoxy groups -OCH3 is 3. The summed E-state index contributed by atoms with van der Waals surface area (Å²) in [5, 5.41) is 0.338. The number of carbonyl (C=O) groups excluding carboxylic acids is 3. The lowest BCUT2D eigenvalue weighted by atomic mass is 10.1. The second-order valence-electron chi connectivity index (χ2n) is 7.74. The average Bonchev–Trinajstić information content (AvgIpc) is 3.39. The smallest absolute Gasteiger partial charge is 0.304 e. The van der Waals surface area contributed by atoms with Crippen LogP contribution < -0.4 is 36.2 Å². The van der Waals surface area contributed by atoms with Gasteiger partial charge in [-0.1, -0.05) is 12.1 Å². The molecule has 1 saturated heterocycles. The standard InChI is InChI=1S/C23H26N6O7S/c1-33-16-14-19(15(17(34-2)18(16)35-3)28-8-10-36-11-9-28)37-21(26-14)23(32)29(25)22(31)13-7-5-4-6-12(13)20(30)27-24/h4-7H,8-11,24-25H2,1-3H3,(H,27,30). The number of thiazole rings is 1. The van der Waals surface area contributed by atoms with E-state index in [4.69, 9.17) is 30.6 Å². The van der Waals surface area contributed by atoms with E-state index in [1.165, 1.54) is 39.5 Å². The maximum atomic E-state index is 13.3. The minimum atomic E-state index is -0.904. The largest absolute Gasteiger partial charge is 0.491 e. The van der Waals surface area contributed by atoms with Gasteiger partial charge < -0.3 is 23.8 Å². The van der Waals surface area contributed by atoms with Crippen LogP contribution in [0.1, 0.15) is 30.5 Å². The summed E-state index contributed by atoms with van der Waals surface area (Å²) >= 11 is 1.03. The van der Waals surface area contributed by atoms with E-state index in [9.17, 15) is 14.4 Å². The van der Waals surface area contributed by atoms with Gasteiger partial charge in [0.25, 0.3) is 11.8 Å². The van der Waals surface area contributed by atoms with Gasteiger partial charge in [-0.15, -0.1) is 11.3 Å². The Morgan fingerprint density at radius 3 is 2.22 bits per heavy atom. The molecular formula is C23H26N6O7S. The molecule has 2 heterocycles. The van der Waals surface area contributed by atoms with E-state index in [1.807, 2.05) is 10.3 Å². The van der Waals surface area contributed by atoms with Crippen molar-refractivity contribution in [2.75, 3.05) is 52.5 Å². The first-order valence-electron chi connectivity index (χ1n) is 11.1. The van der Waals surface area contributed by atoms with Crippen LogP contribution in [0.4, 0.5) is 5.69 Å². The molecule has 37 heavy (non-hydrogen) atoms. The van der Waals surface area contributed by atoms with Crippen molar-refractivity contribution in [1.29, 1.82) is 0 Å². The number of morpholine rings is 1. The Morgan fingerprint density at radius 1 is 1.00 bits per heavy atom. The highest BCUT2D eigenvalue weighted by molar-refractivity contribution is 7.21. The highest BCUT2D eigenvalue weighted by Gasteiger charge is 2.32. The van der Waals surface area contributed by atoms with E-state index in [-0.39, 0.29) is 21.9 Å². The molecule has 0 radical (unpaired) electrons. The zero-order valence-corrected chi connectivity index (χ0v) is 21.2. The lowest BCUT2D eigenvalue weighted by molar-refractivity contribution is 0.0612. The molecule has 0 spiro atoms. The van der Waals surface area contributed by atoms with Crippen LogP contribution in [0.2, 0.25) is 0 Å². The van der Waals surface area contributed by atoms with Crippen molar-refractivity contribution in [2.45, 2.75) is 0 Å². The van der Waals surface area contributed by atoms with Crippen LogP contribution in [-0.2, 0) is 4.74 Å². The third kappa shape index (κ3) is 4.62. The Hall–Kier alpha value is -3.98. The summed E-state index contributed by atoms with van der Waals surface area (Å²) < 4.78 is 22.9. The van der Waals surface area contributed by atoms with Gasteiger partial charge in [-0.2, -0.15) is 0 Å². The lowest BCUT2D eigenvalue weighted by Crippen LogP contribution is -2.43. The van der Waals surface area contributed by atoms with Crippen molar-refractivity contribution in [3.05, 3.63) is 40.4 Å². The normalized spacial score (nSPS) is 13.3. The molecule has 5 N–H and O–H groups in total. The number of imide groups is 1. The molecule has 0 bridgehead atoms. The summed E-state index contributed by atoms with van der Waals surface area (Å²) in [6, 6.07) is 5.85. The molecule has 196 valence electrons. The number of benzene rings is 2. The minimum Gasteiger partial charge on any atom is -0.491 e. The number of rotatable bonds is 7. The number of nitrogens with two attached hydrogens (primary N) is 2. The van der Waals surface area contributed by atoms with Crippen LogP contribution in [0.5, 0.6) is 17.2 Å². The lowest BCUT2D eigenvalue weighted by Gasteiger charge is -2.31. The number of nitrogens with one attached hydrogen (secondary N) is 1. The number of amides is 3. The fourth-order valence-electron chi connectivity index (χ4n) is 4.06. The molecule has 0 saturated carbocycles. The zero-order chi connectivity index (χ0) is 26.7. The monoisotopic (exact) mass is 530 g/mol. The van der Waals surface area contributed by atoms with Crippen LogP contribution in [0.3, 0.4) is 0 Å². The number of hydrazine groups is 2. The van der Waals surface area contributed by atoms with Gasteiger partial charge in [-0.05, 0) is 12.1 Å². The molecular weight excluding hydrogens is 504 g/mol. The van der Waals surface area contributed by atoms with Gasteiger partial charge in [0.2, 0.25) is 5.75 Å². The number of carbonyl (C=O) groups is 3. The fourth-order valence-corrected chi connectivity index (χ4v) is 5.13. The van der Waals surface area contributed by atoms with E-state index in [0.717, 1.165) is 11.3 Å². The van der Waals surface area contributed by atoms with Crippen molar-refractivity contribution in [2.24, 2.45) is 11.7 Å². The number of nitrogen functional groups attached to an aromatic ring is 1. The second kappa shape index (κ2) is 11.0. The van der Waals surface area contributed by atoms with E-state index in [2.05, 4.69) is 4.98 Å². The van der Waals surface area contributed by atoms with E-state index < -0.39 is 17.7 Å². The summed E-state index contributed by atoms with van der Waals surface area (Å²) in [4.78, 5) is 45.1. The summed E-state index contributed by atoms with van der Waals surface area (Å²) in [6.07, 6.45) is 0. The van der Waals surface area contributed by atoms with Gasteiger partial charge in [0.05, 0.1) is 50.4 Å². The van der Waals surface area contributed by atoms with E-state index >= 15 is 0 Å². The van der Waals surface area contributed by atoms with Gasteiger partial charge in [-0.3, -0.25) is 19.8 Å². The zero-order valence-electron chi connectivity index (χ0n) is 20.4. The maximum absolute atomic E-state index is 13.3. The molecule has 1 aromatic heterocycles. The predicted molar refractivity (Wildman–Crippen MR) is 135 cm³/mol. The van der Waals surface area contributed by atoms with Crippen molar-refractivity contribution in [1.82, 2.24) is 15.4 Å². The predicted octanol–water partition coefficient (Wildman–Crippen LogP) is 0.919. The van der Waals surface area contributed by atoms with Crippen LogP contribution >= 0.6 is 11.3 Å². The second-order valence-corrected chi connectivity index (χ2v) is 8.74. The van der Waals surface area contributed by atoms with Crippen molar-refractivity contribution >= 4 is 45.0 Å². The Bertz CT molecular complexity index is 1360. The number of hydrogen-bond acceptors (Lipinski definition) is 12. The van der Waals surface area contributed by atoms with Crippen LogP contribution in [0, 0.1) is 0 Å². The third-order valence-corrected chi connectivity index (χ3v) is 6.83. The number of fused-ring (bicyclic) bond motifs is 1. The van der Waals surface area contributed by atoms with Crippen molar-refractivity contribution in [3.63, 3.8) is 0 Å². The van der Waals surface area contributed by atoms with Crippen LogP contribution in [0.25, 0.3) is 10.2 Å². The molecule has 1 aliphatic heterocycles. The van der Waals surface area contributed by atoms with E-state index in [1.54, 1.807) is 6.07 Å². The molecule has 2 aromatic carbocycles. The SMILES string of the molecule is COc1c(OC)c(N2CCOCC2)c2sc(C(=O)N(N)C(=O)c3ccccc3C(=O)NN)nc2c1OC. The molecule has 0 unspecified atom stereocenters. The number of nitrogens with zero attached hydrogens (tertiary/aromatic N) is 3. The molecule has 1 aliphatic rings. The summed E-state index contributed by atoms with van der Waals surface area (Å²) in [5.41, 5.74) is 2.84. The number of hydrogen-bond donors (Lipinski definition) is 3. The van der Waals surface area contributed by atoms with Gasteiger partial charge in [0.1, 0.15) is 11.2 Å². The quantitative estimate of drug-likeness (QED) is 0.172.